The lowest BCUT2D eigenvalue weighted by molar-refractivity contribution is -0.137. The molecule has 1 aliphatic carbocycles. The zero-order chi connectivity index (χ0) is 28.4. The molecule has 3 aromatic heterocycles. The molecule has 0 saturated heterocycles. The van der Waals surface area contributed by atoms with Crippen LogP contribution in [-0.4, -0.2) is 62.5 Å². The number of aliphatic carboxylic acids is 1. The zero-order valence-electron chi connectivity index (χ0n) is 23.0. The highest BCUT2D eigenvalue weighted by Gasteiger charge is 2.53. The van der Waals surface area contributed by atoms with Gasteiger partial charge < -0.3 is 10.0 Å². The minimum absolute atomic E-state index is 0.110. The highest BCUT2D eigenvalue weighted by molar-refractivity contribution is 7.89. The van der Waals surface area contributed by atoms with Crippen LogP contribution in [0, 0.1) is 20.8 Å². The molecule has 11 heteroatoms. The number of sulfonamides is 1. The summed E-state index contributed by atoms with van der Waals surface area (Å²) >= 11 is 0. The van der Waals surface area contributed by atoms with Crippen LogP contribution >= 0.6 is 0 Å². The van der Waals surface area contributed by atoms with Gasteiger partial charge in [-0.1, -0.05) is 18.2 Å². The normalized spacial score (nSPS) is 18.4. The van der Waals surface area contributed by atoms with E-state index in [2.05, 4.69) is 15.2 Å². The lowest BCUT2D eigenvalue weighted by atomic mass is 9.85. The first-order valence-electron chi connectivity index (χ1n) is 13.3. The third-order valence-corrected chi connectivity index (χ3v) is 10.4. The van der Waals surface area contributed by atoms with Crippen molar-refractivity contribution in [2.75, 3.05) is 18.5 Å². The highest BCUT2D eigenvalue weighted by Crippen LogP contribution is 2.48. The van der Waals surface area contributed by atoms with Crippen LogP contribution in [0.3, 0.4) is 0 Å². The van der Waals surface area contributed by atoms with Gasteiger partial charge in [0.05, 0.1) is 12.0 Å². The van der Waals surface area contributed by atoms with E-state index in [0.29, 0.717) is 18.0 Å². The summed E-state index contributed by atoms with van der Waals surface area (Å²) < 4.78 is 31.3. The molecule has 4 aromatic rings. The molecule has 0 unspecified atom stereocenters. The van der Waals surface area contributed by atoms with Gasteiger partial charge in [-0.2, -0.15) is 4.31 Å². The minimum atomic E-state index is -3.81. The molecule has 1 aliphatic heterocycles. The average Bonchev–Trinajstić information content (AvgIpc) is 3.62. The van der Waals surface area contributed by atoms with E-state index < -0.39 is 21.9 Å². The monoisotopic (exact) mass is 560 g/mol. The standard InChI is InChI=1S/C29H32N6O4S/c1-18-7-8-21(24(15-26(36)37)23-9-13-35-20(3)31-32-27(35)19(23)2)14-22(18)16-34-17-29(10-11-29)33(4)28-25(40(34,38)39)6-5-12-30-28/h5-9,12-14,24H,10-11,15-17H2,1-4H3,(H,36,37)/t24-/m1/s1. The van der Waals surface area contributed by atoms with Crippen molar-refractivity contribution in [3.63, 3.8) is 0 Å². The summed E-state index contributed by atoms with van der Waals surface area (Å²) in [5.41, 5.74) is 4.76. The molecule has 0 bridgehead atoms. The van der Waals surface area contributed by atoms with E-state index in [1.807, 2.05) is 67.6 Å². The number of hydrogen-bond acceptors (Lipinski definition) is 7. The van der Waals surface area contributed by atoms with Crippen molar-refractivity contribution in [2.45, 2.75) is 62.9 Å². The second kappa shape index (κ2) is 9.38. The number of carboxylic acid groups (broad SMARTS) is 1. The van der Waals surface area contributed by atoms with Crippen molar-refractivity contribution in [1.29, 1.82) is 0 Å². The number of fused-ring (bicyclic) bond motifs is 2. The predicted molar refractivity (Wildman–Crippen MR) is 150 cm³/mol. The molecule has 1 fully saturated rings. The SMILES string of the molecule is Cc1ccc([C@@H](CC(=O)O)c2ccn3c(C)nnc3c2C)cc1CN1CC2(CC2)N(C)c2ncccc2S1(=O)=O. The van der Waals surface area contributed by atoms with Crippen LogP contribution < -0.4 is 4.90 Å². The molecule has 40 heavy (non-hydrogen) atoms. The van der Waals surface area contributed by atoms with Gasteiger partial charge in [0, 0.05) is 38.4 Å². The van der Waals surface area contributed by atoms with Gasteiger partial charge >= 0.3 is 5.97 Å². The summed E-state index contributed by atoms with van der Waals surface area (Å²) in [7, 11) is -1.89. The molecule has 6 rings (SSSR count). The Morgan fingerprint density at radius 3 is 2.62 bits per heavy atom. The first-order chi connectivity index (χ1) is 19.0. The minimum Gasteiger partial charge on any atom is -0.481 e. The highest BCUT2D eigenvalue weighted by atomic mass is 32.2. The van der Waals surface area contributed by atoms with Crippen LogP contribution in [0.15, 0.2) is 53.7 Å². The number of carboxylic acids is 1. The molecule has 2 aliphatic rings. The Morgan fingerprint density at radius 2 is 1.90 bits per heavy atom. The van der Waals surface area contributed by atoms with E-state index in [1.165, 1.54) is 0 Å². The van der Waals surface area contributed by atoms with Gasteiger partial charge in [0.2, 0.25) is 10.0 Å². The van der Waals surface area contributed by atoms with Crippen LogP contribution in [0.5, 0.6) is 0 Å². The number of aryl methyl sites for hydroxylation is 3. The van der Waals surface area contributed by atoms with Gasteiger partial charge in [-0.05, 0) is 79.6 Å². The molecular weight excluding hydrogens is 528 g/mol. The number of hydrogen-bond donors (Lipinski definition) is 1. The molecule has 1 aromatic carbocycles. The molecule has 10 nitrogen and oxygen atoms in total. The van der Waals surface area contributed by atoms with Crippen LogP contribution in [-0.2, 0) is 21.4 Å². The molecule has 0 amide bonds. The quantitative estimate of drug-likeness (QED) is 0.378. The van der Waals surface area contributed by atoms with Crippen LogP contribution in [0.4, 0.5) is 5.82 Å². The third-order valence-electron chi connectivity index (χ3n) is 8.61. The Labute approximate surface area is 233 Å². The second-order valence-electron chi connectivity index (χ2n) is 11.1. The van der Waals surface area contributed by atoms with Crippen molar-refractivity contribution >= 4 is 27.5 Å². The predicted octanol–water partition coefficient (Wildman–Crippen LogP) is 3.83. The summed E-state index contributed by atoms with van der Waals surface area (Å²) in [6.45, 7) is 6.32. The van der Waals surface area contributed by atoms with Crippen LogP contribution in [0.2, 0.25) is 0 Å². The van der Waals surface area contributed by atoms with Gasteiger partial charge in [-0.15, -0.1) is 10.2 Å². The number of pyridine rings is 2. The van der Waals surface area contributed by atoms with E-state index in [0.717, 1.165) is 46.5 Å². The molecule has 208 valence electrons. The number of likely N-dealkylation sites (N-methyl/N-ethyl adjacent to an activating group) is 1. The fraction of sp³-hybridized carbons (Fsp3) is 0.379. The van der Waals surface area contributed by atoms with Gasteiger partial charge in [-0.25, -0.2) is 13.4 Å². The van der Waals surface area contributed by atoms with E-state index in [-0.39, 0.29) is 23.4 Å². The Balaban J connectivity index is 1.41. The van der Waals surface area contributed by atoms with Gasteiger partial charge in [0.1, 0.15) is 16.5 Å². The van der Waals surface area contributed by atoms with Gasteiger partial charge in [0.15, 0.2) is 5.65 Å². The summed E-state index contributed by atoms with van der Waals surface area (Å²) in [5, 5.41) is 18.3. The summed E-state index contributed by atoms with van der Waals surface area (Å²) in [4.78, 5) is 18.7. The number of carbonyl (C=O) groups is 1. The molecule has 1 spiro atoms. The second-order valence-corrected chi connectivity index (χ2v) is 13.0. The number of benzene rings is 1. The fourth-order valence-corrected chi connectivity index (χ4v) is 7.61. The van der Waals surface area contributed by atoms with Gasteiger partial charge in [0.25, 0.3) is 0 Å². The lowest BCUT2D eigenvalue weighted by Crippen LogP contribution is -2.43. The van der Waals surface area contributed by atoms with Crippen LogP contribution in [0.25, 0.3) is 5.65 Å². The zero-order valence-corrected chi connectivity index (χ0v) is 23.8. The number of rotatable bonds is 6. The van der Waals surface area contributed by atoms with E-state index in [4.69, 9.17) is 0 Å². The smallest absolute Gasteiger partial charge is 0.304 e. The topological polar surface area (TPSA) is 121 Å². The first-order valence-corrected chi connectivity index (χ1v) is 14.8. The third kappa shape index (κ3) is 4.24. The maximum absolute atomic E-state index is 13.9. The van der Waals surface area contributed by atoms with E-state index in [9.17, 15) is 18.3 Å². The van der Waals surface area contributed by atoms with E-state index >= 15 is 0 Å². The summed E-state index contributed by atoms with van der Waals surface area (Å²) in [6.07, 6.45) is 5.19. The Kier molecular flexibility index (Phi) is 6.19. The maximum atomic E-state index is 13.9. The van der Waals surface area contributed by atoms with Crippen molar-refractivity contribution in [2.24, 2.45) is 0 Å². The largest absolute Gasteiger partial charge is 0.481 e. The average molecular weight is 561 g/mol. The van der Waals surface area contributed by atoms with Crippen molar-refractivity contribution in [1.82, 2.24) is 23.9 Å². The number of nitrogens with zero attached hydrogens (tertiary/aromatic N) is 6. The van der Waals surface area contributed by atoms with E-state index in [1.54, 1.807) is 22.6 Å². The van der Waals surface area contributed by atoms with Crippen molar-refractivity contribution in [3.05, 3.63) is 82.4 Å². The molecule has 1 N–H and O–H groups in total. The first kappa shape index (κ1) is 26.4. The molecule has 1 atom stereocenters. The lowest BCUT2D eigenvalue weighted by Gasteiger charge is -2.29. The molecule has 1 saturated carbocycles. The molecular formula is C29H32N6O4S. The van der Waals surface area contributed by atoms with Crippen molar-refractivity contribution in [3.8, 4) is 0 Å². The maximum Gasteiger partial charge on any atom is 0.304 e. The van der Waals surface area contributed by atoms with Crippen molar-refractivity contribution < 1.29 is 18.3 Å². The van der Waals surface area contributed by atoms with Gasteiger partial charge in [-0.3, -0.25) is 9.20 Å². The molecule has 0 radical (unpaired) electrons. The Morgan fingerprint density at radius 1 is 1.12 bits per heavy atom. The number of anilines is 1. The fourth-order valence-electron chi connectivity index (χ4n) is 5.94. The Bertz CT molecular complexity index is 1760. The number of aromatic nitrogens is 4. The summed E-state index contributed by atoms with van der Waals surface area (Å²) in [6, 6.07) is 11.1. The molecule has 4 heterocycles. The van der Waals surface area contributed by atoms with Crippen LogP contribution in [0.1, 0.15) is 58.8 Å². The summed E-state index contributed by atoms with van der Waals surface area (Å²) in [5.74, 6) is -0.108. The Hall–Kier alpha value is -3.83.